The number of ether oxygens (including phenoxy) is 2. The van der Waals surface area contributed by atoms with E-state index >= 15 is 0 Å². The number of carbonyl (C=O) groups is 2. The van der Waals surface area contributed by atoms with Crippen molar-refractivity contribution in [3.63, 3.8) is 0 Å². The highest BCUT2D eigenvalue weighted by molar-refractivity contribution is 5.74. The predicted molar refractivity (Wildman–Crippen MR) is 112 cm³/mol. The van der Waals surface area contributed by atoms with Gasteiger partial charge >= 0.3 is 11.9 Å². The smallest absolute Gasteiger partial charge is 0.309 e. The lowest BCUT2D eigenvalue weighted by Crippen LogP contribution is -2.49. The van der Waals surface area contributed by atoms with E-state index in [-0.39, 0.29) is 36.0 Å². The average molecular weight is 415 g/mol. The lowest BCUT2D eigenvalue weighted by atomic mass is 9.69. The lowest BCUT2D eigenvalue weighted by Gasteiger charge is -2.42. The molecule has 8 atom stereocenters. The average Bonchev–Trinajstić information content (AvgIpc) is 3.55. The fourth-order valence-electron chi connectivity index (χ4n) is 8.92. The van der Waals surface area contributed by atoms with Crippen LogP contribution in [0.5, 0.6) is 0 Å². The van der Waals surface area contributed by atoms with Crippen LogP contribution in [0.3, 0.4) is 0 Å². The van der Waals surface area contributed by atoms with Gasteiger partial charge in [0.1, 0.15) is 12.2 Å². The van der Waals surface area contributed by atoms with Gasteiger partial charge in [-0.2, -0.15) is 0 Å². The van der Waals surface area contributed by atoms with Gasteiger partial charge < -0.3 is 9.47 Å². The molecule has 0 N–H and O–H groups in total. The van der Waals surface area contributed by atoms with Gasteiger partial charge in [-0.3, -0.25) is 9.59 Å². The Morgan fingerprint density at radius 1 is 0.533 bits per heavy atom. The van der Waals surface area contributed by atoms with Crippen LogP contribution in [0.2, 0.25) is 0 Å². The highest BCUT2D eigenvalue weighted by Gasteiger charge is 2.68. The maximum Gasteiger partial charge on any atom is 0.309 e. The molecule has 0 heterocycles. The maximum atomic E-state index is 13.1. The minimum Gasteiger partial charge on any atom is -0.458 e. The molecule has 166 valence electrons. The first-order chi connectivity index (χ1) is 14.7. The predicted octanol–water partition coefficient (Wildman–Crippen LogP) is 5.28. The van der Waals surface area contributed by atoms with Crippen molar-refractivity contribution in [1.29, 1.82) is 0 Å². The molecule has 0 radical (unpaired) electrons. The van der Waals surface area contributed by atoms with Gasteiger partial charge in [-0.1, -0.05) is 38.5 Å². The SMILES string of the molecule is O=C(OC1C2CC(C1OC(=O)C1CCCCC1)C1C3CCC(C3)C21)C1CCCCC1. The molecule has 0 saturated heterocycles. The maximum absolute atomic E-state index is 13.1. The largest absolute Gasteiger partial charge is 0.458 e. The summed E-state index contributed by atoms with van der Waals surface area (Å²) in [5.41, 5.74) is 0. The molecule has 30 heavy (non-hydrogen) atoms. The molecule has 0 aromatic carbocycles. The zero-order valence-corrected chi connectivity index (χ0v) is 18.3. The zero-order valence-electron chi connectivity index (χ0n) is 18.3. The first-order valence-corrected chi connectivity index (χ1v) is 13.1. The molecule has 6 saturated carbocycles. The summed E-state index contributed by atoms with van der Waals surface area (Å²) in [5, 5.41) is 0. The molecule has 0 aromatic heterocycles. The van der Waals surface area contributed by atoms with Crippen molar-refractivity contribution >= 4 is 11.9 Å². The van der Waals surface area contributed by atoms with E-state index in [2.05, 4.69) is 0 Å². The van der Waals surface area contributed by atoms with E-state index in [1.807, 2.05) is 0 Å². The number of fused-ring (bicyclic) bond motifs is 9. The Morgan fingerprint density at radius 2 is 0.967 bits per heavy atom. The van der Waals surface area contributed by atoms with E-state index < -0.39 is 0 Å². The van der Waals surface area contributed by atoms with Gasteiger partial charge in [0.25, 0.3) is 0 Å². The van der Waals surface area contributed by atoms with Crippen LogP contribution < -0.4 is 0 Å². The second-order valence-corrected chi connectivity index (χ2v) is 11.5. The van der Waals surface area contributed by atoms with Gasteiger partial charge in [0.2, 0.25) is 0 Å². The van der Waals surface area contributed by atoms with Crippen LogP contribution in [0.1, 0.15) is 89.9 Å². The van der Waals surface area contributed by atoms with Gasteiger partial charge in [0, 0.05) is 11.8 Å². The summed E-state index contributed by atoms with van der Waals surface area (Å²) in [5.74, 6) is 4.15. The second-order valence-electron chi connectivity index (χ2n) is 11.5. The second kappa shape index (κ2) is 7.81. The number of hydrogen-bond donors (Lipinski definition) is 0. The molecule has 4 heteroatoms. The molecule has 4 nitrogen and oxygen atoms in total. The molecule has 6 aliphatic carbocycles. The number of esters is 2. The summed E-state index contributed by atoms with van der Waals surface area (Å²) in [6.45, 7) is 0. The van der Waals surface area contributed by atoms with Crippen LogP contribution >= 0.6 is 0 Å². The minimum atomic E-state index is -0.169. The monoisotopic (exact) mass is 414 g/mol. The van der Waals surface area contributed by atoms with Crippen LogP contribution in [-0.2, 0) is 19.1 Å². The summed E-state index contributed by atoms with van der Waals surface area (Å²) >= 11 is 0. The Morgan fingerprint density at radius 3 is 1.40 bits per heavy atom. The fourth-order valence-corrected chi connectivity index (χ4v) is 8.92. The van der Waals surface area contributed by atoms with Crippen molar-refractivity contribution in [1.82, 2.24) is 0 Å². The molecular formula is C26H38O4. The highest BCUT2D eigenvalue weighted by atomic mass is 16.6. The van der Waals surface area contributed by atoms with Gasteiger partial charge in [-0.05, 0) is 75.0 Å². The van der Waals surface area contributed by atoms with E-state index in [0.29, 0.717) is 11.8 Å². The first kappa shape index (κ1) is 19.6. The molecule has 4 bridgehead atoms. The van der Waals surface area contributed by atoms with Gasteiger partial charge in [-0.25, -0.2) is 0 Å². The quantitative estimate of drug-likeness (QED) is 0.464. The highest BCUT2D eigenvalue weighted by Crippen LogP contribution is 2.68. The molecule has 0 spiro atoms. The zero-order chi connectivity index (χ0) is 20.2. The summed E-state index contributed by atoms with van der Waals surface area (Å²) in [6, 6.07) is 0. The first-order valence-electron chi connectivity index (χ1n) is 13.1. The minimum absolute atomic E-state index is 0.00525. The summed E-state index contributed by atoms with van der Waals surface area (Å²) < 4.78 is 12.6. The molecule has 8 unspecified atom stereocenters. The van der Waals surface area contributed by atoms with E-state index in [1.54, 1.807) is 0 Å². The fraction of sp³-hybridized carbons (Fsp3) is 0.923. The lowest BCUT2D eigenvalue weighted by molar-refractivity contribution is -0.186. The normalized spacial score (nSPS) is 45.5. The van der Waals surface area contributed by atoms with E-state index in [1.165, 1.54) is 32.1 Å². The number of hydrogen-bond acceptors (Lipinski definition) is 4. The van der Waals surface area contributed by atoms with Gasteiger partial charge in [0.15, 0.2) is 0 Å². The van der Waals surface area contributed by atoms with E-state index in [0.717, 1.165) is 81.5 Å². The Hall–Kier alpha value is -1.06. The van der Waals surface area contributed by atoms with Crippen LogP contribution in [-0.4, -0.2) is 24.1 Å². The van der Waals surface area contributed by atoms with Crippen molar-refractivity contribution in [2.45, 2.75) is 102 Å². The Balaban J connectivity index is 1.21. The van der Waals surface area contributed by atoms with Crippen molar-refractivity contribution in [3.05, 3.63) is 0 Å². The molecule has 0 aromatic rings. The van der Waals surface area contributed by atoms with Crippen LogP contribution in [0.15, 0.2) is 0 Å². The number of rotatable bonds is 4. The Labute approximate surface area is 180 Å². The summed E-state index contributed by atoms with van der Waals surface area (Å²) in [4.78, 5) is 26.1. The van der Waals surface area contributed by atoms with Gasteiger partial charge in [0.05, 0.1) is 11.8 Å². The molecule has 6 rings (SSSR count). The van der Waals surface area contributed by atoms with Crippen LogP contribution in [0, 0.1) is 47.3 Å². The molecular weight excluding hydrogens is 376 g/mol. The van der Waals surface area contributed by atoms with Crippen LogP contribution in [0.4, 0.5) is 0 Å². The molecule has 6 fully saturated rings. The third-order valence-electron chi connectivity index (χ3n) is 10.1. The summed E-state index contributed by atoms with van der Waals surface area (Å²) in [7, 11) is 0. The van der Waals surface area contributed by atoms with E-state index in [9.17, 15) is 9.59 Å². The standard InChI is InChI=1S/C26H38O4/c27-25(15-7-3-1-4-8-15)29-23-19-14-20(22-18-12-11-17(13-18)21(19)22)24(23)30-26(28)16-9-5-2-6-10-16/h15-24H,1-14H2. The Bertz CT molecular complexity index is 621. The van der Waals surface area contributed by atoms with Crippen molar-refractivity contribution < 1.29 is 19.1 Å². The molecule has 6 aliphatic rings. The third kappa shape index (κ3) is 3.14. The van der Waals surface area contributed by atoms with E-state index in [4.69, 9.17) is 9.47 Å². The Kier molecular flexibility index (Phi) is 5.11. The van der Waals surface area contributed by atoms with Crippen molar-refractivity contribution in [2.75, 3.05) is 0 Å². The summed E-state index contributed by atoms with van der Waals surface area (Å²) in [6.07, 6.45) is 15.8. The molecule has 0 amide bonds. The van der Waals surface area contributed by atoms with Crippen molar-refractivity contribution in [2.24, 2.45) is 47.3 Å². The van der Waals surface area contributed by atoms with Crippen LogP contribution in [0.25, 0.3) is 0 Å². The third-order valence-corrected chi connectivity index (χ3v) is 10.1. The topological polar surface area (TPSA) is 52.6 Å². The van der Waals surface area contributed by atoms with Gasteiger partial charge in [-0.15, -0.1) is 0 Å². The van der Waals surface area contributed by atoms with Crippen molar-refractivity contribution in [3.8, 4) is 0 Å². The number of carbonyl (C=O) groups excluding carboxylic acids is 2. The molecule has 0 aliphatic heterocycles.